The van der Waals surface area contributed by atoms with Crippen LogP contribution in [-0.2, 0) is 0 Å². The van der Waals surface area contributed by atoms with Gasteiger partial charge in [0.1, 0.15) is 0 Å². The van der Waals surface area contributed by atoms with Crippen molar-refractivity contribution >= 4 is 27.6 Å². The van der Waals surface area contributed by atoms with Crippen LogP contribution in [0.3, 0.4) is 0 Å². The Kier molecular flexibility index (Phi) is 4.02. The zero-order valence-electron chi connectivity index (χ0n) is 12.4. The number of aliphatic hydroxyl groups excluding tert-OH is 1. The fourth-order valence-electron chi connectivity index (χ4n) is 2.53. The number of amides is 1. The van der Waals surface area contributed by atoms with E-state index in [0.717, 1.165) is 16.2 Å². The first-order valence-corrected chi connectivity index (χ1v) is 7.36. The van der Waals surface area contributed by atoms with Gasteiger partial charge in [0, 0.05) is 24.7 Å². The minimum absolute atomic E-state index is 0.0311. The molecule has 112 valence electrons. The summed E-state index contributed by atoms with van der Waals surface area (Å²) in [4.78, 5) is 16.9. The molecule has 0 aliphatic rings. The van der Waals surface area contributed by atoms with E-state index >= 15 is 0 Å². The molecule has 3 rings (SSSR count). The molecule has 4 nitrogen and oxygen atoms in total. The molecule has 2 aromatic carbocycles. The lowest BCUT2D eigenvalue weighted by atomic mass is 10.0. The van der Waals surface area contributed by atoms with Crippen LogP contribution < -0.4 is 5.32 Å². The van der Waals surface area contributed by atoms with Crippen LogP contribution in [0.1, 0.15) is 17.3 Å². The highest BCUT2D eigenvalue weighted by atomic mass is 16.3. The van der Waals surface area contributed by atoms with Gasteiger partial charge in [-0.3, -0.25) is 9.78 Å². The molecule has 0 saturated heterocycles. The van der Waals surface area contributed by atoms with E-state index in [9.17, 15) is 4.79 Å². The van der Waals surface area contributed by atoms with Crippen molar-refractivity contribution in [2.45, 2.75) is 6.92 Å². The summed E-state index contributed by atoms with van der Waals surface area (Å²) in [5.74, 6) is -0.126. The summed E-state index contributed by atoms with van der Waals surface area (Å²) in [7, 11) is 0. The molecule has 0 aliphatic carbocycles. The molecular formula is C18H18N2O2. The van der Waals surface area contributed by atoms with Crippen molar-refractivity contribution in [3.05, 3.63) is 54.2 Å². The SMILES string of the molecule is CC(CO)CNC(=O)c1cc2ccccc2c2cccnc12. The molecule has 0 fully saturated rings. The van der Waals surface area contributed by atoms with Gasteiger partial charge >= 0.3 is 0 Å². The molecular weight excluding hydrogens is 276 g/mol. The van der Waals surface area contributed by atoms with Crippen LogP contribution in [0.25, 0.3) is 21.7 Å². The molecule has 0 bridgehead atoms. The number of carbonyl (C=O) groups excluding carboxylic acids is 1. The van der Waals surface area contributed by atoms with Crippen molar-refractivity contribution in [1.29, 1.82) is 0 Å². The lowest BCUT2D eigenvalue weighted by Gasteiger charge is -2.12. The first-order chi connectivity index (χ1) is 10.7. The minimum atomic E-state index is -0.158. The van der Waals surface area contributed by atoms with Gasteiger partial charge in [-0.2, -0.15) is 0 Å². The molecule has 4 heteroatoms. The Balaban J connectivity index is 2.09. The lowest BCUT2D eigenvalue weighted by molar-refractivity contribution is 0.0944. The predicted molar refractivity (Wildman–Crippen MR) is 87.8 cm³/mol. The second-order valence-corrected chi connectivity index (χ2v) is 5.54. The Morgan fingerprint density at radius 3 is 2.82 bits per heavy atom. The Morgan fingerprint density at radius 1 is 1.23 bits per heavy atom. The summed E-state index contributed by atoms with van der Waals surface area (Å²) in [5, 5.41) is 15.0. The maximum atomic E-state index is 12.5. The standard InChI is InChI=1S/C18H18N2O2/c1-12(11-21)10-20-18(22)16-9-13-5-2-3-6-14(13)15-7-4-8-19-17(15)16/h2-9,12,21H,10-11H2,1H3,(H,20,22). The van der Waals surface area contributed by atoms with Gasteiger partial charge in [-0.1, -0.05) is 37.3 Å². The Morgan fingerprint density at radius 2 is 2.00 bits per heavy atom. The monoisotopic (exact) mass is 294 g/mol. The van der Waals surface area contributed by atoms with E-state index in [1.165, 1.54) is 0 Å². The van der Waals surface area contributed by atoms with E-state index in [0.29, 0.717) is 17.6 Å². The van der Waals surface area contributed by atoms with Gasteiger partial charge in [-0.05, 0) is 28.8 Å². The van der Waals surface area contributed by atoms with Crippen molar-refractivity contribution in [1.82, 2.24) is 10.3 Å². The molecule has 2 N–H and O–H groups in total. The molecule has 0 radical (unpaired) electrons. The highest BCUT2D eigenvalue weighted by Gasteiger charge is 2.14. The van der Waals surface area contributed by atoms with Crippen LogP contribution in [-0.4, -0.2) is 29.1 Å². The van der Waals surface area contributed by atoms with Crippen LogP contribution in [0.4, 0.5) is 0 Å². The largest absolute Gasteiger partial charge is 0.396 e. The summed E-state index contributed by atoms with van der Waals surface area (Å²) in [6, 6.07) is 13.7. The number of hydrogen-bond donors (Lipinski definition) is 2. The van der Waals surface area contributed by atoms with Crippen molar-refractivity contribution in [2.24, 2.45) is 5.92 Å². The summed E-state index contributed by atoms with van der Waals surface area (Å²) < 4.78 is 0. The first-order valence-electron chi connectivity index (χ1n) is 7.36. The van der Waals surface area contributed by atoms with Crippen LogP contribution >= 0.6 is 0 Å². The highest BCUT2D eigenvalue weighted by molar-refractivity contribution is 6.15. The third-order valence-corrected chi connectivity index (χ3v) is 3.78. The second-order valence-electron chi connectivity index (χ2n) is 5.54. The van der Waals surface area contributed by atoms with E-state index in [1.807, 2.05) is 49.4 Å². The molecule has 1 amide bonds. The number of aliphatic hydroxyl groups is 1. The maximum Gasteiger partial charge on any atom is 0.253 e. The maximum absolute atomic E-state index is 12.5. The van der Waals surface area contributed by atoms with Gasteiger partial charge in [-0.25, -0.2) is 0 Å². The van der Waals surface area contributed by atoms with E-state index in [4.69, 9.17) is 5.11 Å². The molecule has 1 heterocycles. The molecule has 1 aromatic heterocycles. The number of rotatable bonds is 4. The van der Waals surface area contributed by atoms with E-state index < -0.39 is 0 Å². The van der Waals surface area contributed by atoms with Crippen molar-refractivity contribution in [3.8, 4) is 0 Å². The van der Waals surface area contributed by atoms with Crippen LogP contribution in [0.5, 0.6) is 0 Å². The quantitative estimate of drug-likeness (QED) is 0.727. The average molecular weight is 294 g/mol. The molecule has 0 aliphatic heterocycles. The summed E-state index contributed by atoms with van der Waals surface area (Å²) in [6.07, 6.45) is 1.70. The molecule has 0 spiro atoms. The van der Waals surface area contributed by atoms with E-state index in [2.05, 4.69) is 10.3 Å². The highest BCUT2D eigenvalue weighted by Crippen LogP contribution is 2.27. The number of nitrogens with one attached hydrogen (secondary N) is 1. The third-order valence-electron chi connectivity index (χ3n) is 3.78. The van der Waals surface area contributed by atoms with Gasteiger partial charge in [0.05, 0.1) is 11.1 Å². The lowest BCUT2D eigenvalue weighted by Crippen LogP contribution is -2.29. The minimum Gasteiger partial charge on any atom is -0.396 e. The summed E-state index contributed by atoms with van der Waals surface area (Å²) >= 11 is 0. The van der Waals surface area contributed by atoms with Crippen LogP contribution in [0, 0.1) is 5.92 Å². The predicted octanol–water partition coefficient (Wildman–Crippen LogP) is 2.75. The number of benzene rings is 2. The van der Waals surface area contributed by atoms with Crippen molar-refractivity contribution < 1.29 is 9.90 Å². The Bertz CT molecular complexity index is 830. The van der Waals surface area contributed by atoms with Gasteiger partial charge < -0.3 is 10.4 Å². The second kappa shape index (κ2) is 6.12. The van der Waals surface area contributed by atoms with Gasteiger partial charge in [-0.15, -0.1) is 0 Å². The fourth-order valence-corrected chi connectivity index (χ4v) is 2.53. The van der Waals surface area contributed by atoms with Crippen molar-refractivity contribution in [2.75, 3.05) is 13.2 Å². The zero-order chi connectivity index (χ0) is 15.5. The third kappa shape index (κ3) is 2.65. The normalized spacial score (nSPS) is 12.5. The molecule has 1 unspecified atom stereocenters. The average Bonchev–Trinajstić information content (AvgIpc) is 2.58. The van der Waals surface area contributed by atoms with E-state index in [-0.39, 0.29) is 18.4 Å². The van der Waals surface area contributed by atoms with Crippen molar-refractivity contribution in [3.63, 3.8) is 0 Å². The zero-order valence-corrected chi connectivity index (χ0v) is 12.4. The van der Waals surface area contributed by atoms with Gasteiger partial charge in [0.15, 0.2) is 0 Å². The topological polar surface area (TPSA) is 62.2 Å². The number of hydrogen-bond acceptors (Lipinski definition) is 3. The smallest absolute Gasteiger partial charge is 0.253 e. The molecule has 22 heavy (non-hydrogen) atoms. The number of pyridine rings is 1. The first kappa shape index (κ1) is 14.5. The number of fused-ring (bicyclic) bond motifs is 3. The van der Waals surface area contributed by atoms with Gasteiger partial charge in [0.25, 0.3) is 5.91 Å². The van der Waals surface area contributed by atoms with Crippen LogP contribution in [0.2, 0.25) is 0 Å². The fraction of sp³-hybridized carbons (Fsp3) is 0.222. The van der Waals surface area contributed by atoms with E-state index in [1.54, 1.807) is 6.20 Å². The van der Waals surface area contributed by atoms with Gasteiger partial charge in [0.2, 0.25) is 0 Å². The number of aromatic nitrogens is 1. The Hall–Kier alpha value is -2.46. The summed E-state index contributed by atoms with van der Waals surface area (Å²) in [6.45, 7) is 2.38. The molecule has 0 saturated carbocycles. The number of nitrogens with zero attached hydrogens (tertiary/aromatic N) is 1. The number of carbonyl (C=O) groups is 1. The summed E-state index contributed by atoms with van der Waals surface area (Å²) in [5.41, 5.74) is 1.27. The Labute approximate surface area is 128 Å². The molecule has 3 aromatic rings. The molecule has 1 atom stereocenters. The van der Waals surface area contributed by atoms with Crippen LogP contribution in [0.15, 0.2) is 48.7 Å².